The molecule has 1 aliphatic heterocycles. The number of aryl methyl sites for hydroxylation is 1. The number of rotatable bonds is 7. The predicted octanol–water partition coefficient (Wildman–Crippen LogP) is 4.75. The van der Waals surface area contributed by atoms with Crippen molar-refractivity contribution < 1.29 is 13.2 Å². The number of thioether (sulfide) groups is 1. The number of halogens is 4. The maximum Gasteiger partial charge on any atom is 0.435 e. The summed E-state index contributed by atoms with van der Waals surface area (Å²) in [6.07, 6.45) is -0.951. The quantitative estimate of drug-likeness (QED) is 0.319. The Labute approximate surface area is 202 Å². The van der Waals surface area contributed by atoms with Crippen molar-refractivity contribution in [3.8, 4) is 11.4 Å². The predicted molar refractivity (Wildman–Crippen MR) is 124 cm³/mol. The van der Waals surface area contributed by atoms with Crippen LogP contribution < -0.4 is 0 Å². The van der Waals surface area contributed by atoms with Gasteiger partial charge >= 0.3 is 6.18 Å². The van der Waals surface area contributed by atoms with Crippen molar-refractivity contribution in [1.29, 1.82) is 0 Å². The van der Waals surface area contributed by atoms with E-state index >= 15 is 0 Å². The van der Waals surface area contributed by atoms with Crippen molar-refractivity contribution in [1.82, 2.24) is 29.4 Å². The van der Waals surface area contributed by atoms with Crippen LogP contribution in [0.15, 0.2) is 40.1 Å². The van der Waals surface area contributed by atoms with Crippen LogP contribution in [0.5, 0.6) is 0 Å². The highest BCUT2D eigenvalue weighted by Gasteiger charge is 2.60. The molecule has 0 unspecified atom stereocenters. The average Bonchev–Trinajstić information content (AvgIpc) is 3.06. The van der Waals surface area contributed by atoms with Crippen molar-refractivity contribution in [3.63, 3.8) is 0 Å². The van der Waals surface area contributed by atoms with E-state index in [1.165, 1.54) is 37.0 Å². The SMILES string of the molecule is Cn1cc(-c2nnc(SCCCN3C[C@@H]4C[C@]4(c4ccc(Br)cc4)C3)n2C)c(C(F)(F)F)n1. The lowest BCUT2D eigenvalue weighted by Gasteiger charge is -2.21. The summed E-state index contributed by atoms with van der Waals surface area (Å²) in [5.74, 6) is 1.75. The lowest BCUT2D eigenvalue weighted by atomic mass is 9.95. The first-order chi connectivity index (χ1) is 15.7. The minimum Gasteiger partial charge on any atom is -0.305 e. The van der Waals surface area contributed by atoms with Crippen LogP contribution in [0.4, 0.5) is 13.2 Å². The van der Waals surface area contributed by atoms with Gasteiger partial charge in [-0.3, -0.25) is 4.68 Å². The van der Waals surface area contributed by atoms with E-state index < -0.39 is 11.9 Å². The molecule has 1 aliphatic carbocycles. The molecular weight excluding hydrogens is 517 g/mol. The number of hydrogen-bond donors (Lipinski definition) is 0. The van der Waals surface area contributed by atoms with Crippen molar-refractivity contribution >= 4 is 27.7 Å². The molecule has 5 rings (SSSR count). The van der Waals surface area contributed by atoms with Gasteiger partial charge in [0.25, 0.3) is 0 Å². The van der Waals surface area contributed by atoms with E-state index in [2.05, 4.69) is 60.4 Å². The summed E-state index contributed by atoms with van der Waals surface area (Å²) in [6, 6.07) is 8.72. The molecule has 3 aromatic rings. The van der Waals surface area contributed by atoms with Gasteiger partial charge in [0.2, 0.25) is 0 Å². The molecular formula is C22H24BrF3N6S. The smallest absolute Gasteiger partial charge is 0.305 e. The molecule has 11 heteroatoms. The second-order valence-electron chi connectivity index (χ2n) is 8.93. The molecule has 0 radical (unpaired) electrons. The summed E-state index contributed by atoms with van der Waals surface area (Å²) in [7, 11) is 3.16. The highest BCUT2D eigenvalue weighted by Crippen LogP contribution is 2.59. The van der Waals surface area contributed by atoms with Crippen LogP contribution in [0.2, 0.25) is 0 Å². The number of piperidine rings is 1. The van der Waals surface area contributed by atoms with Gasteiger partial charge in [0, 0.05) is 49.0 Å². The van der Waals surface area contributed by atoms with Gasteiger partial charge in [-0.05, 0) is 43.0 Å². The first-order valence-electron chi connectivity index (χ1n) is 10.8. The van der Waals surface area contributed by atoms with E-state index in [0.717, 1.165) is 46.9 Å². The summed E-state index contributed by atoms with van der Waals surface area (Å²) in [5, 5.41) is 12.3. The standard InChI is InChI=1S/C22H24BrF3N6S/c1-30-12-17(18(29-30)22(24,25)26)19-27-28-20(31(19)2)33-9-3-8-32-11-15-10-21(15,13-32)14-4-6-16(23)7-5-14/h4-7,12,15H,3,8-11,13H2,1-2H3/t15-,21+/m0/s1. The van der Waals surface area contributed by atoms with Gasteiger partial charge in [0.15, 0.2) is 16.7 Å². The van der Waals surface area contributed by atoms with Gasteiger partial charge < -0.3 is 9.47 Å². The third-order valence-corrected chi connectivity index (χ3v) is 8.29. The average molecular weight is 541 g/mol. The van der Waals surface area contributed by atoms with E-state index in [1.807, 2.05) is 0 Å². The third kappa shape index (κ3) is 4.35. The van der Waals surface area contributed by atoms with Crippen LogP contribution in [0.1, 0.15) is 24.1 Å². The number of alkyl halides is 3. The zero-order valence-corrected chi connectivity index (χ0v) is 20.7. The fourth-order valence-corrected chi connectivity index (χ4v) is 6.07. The largest absolute Gasteiger partial charge is 0.435 e. The highest BCUT2D eigenvalue weighted by molar-refractivity contribution is 9.10. The normalized spacial score (nSPS) is 22.7. The van der Waals surface area contributed by atoms with Crippen molar-refractivity contribution in [3.05, 3.63) is 46.2 Å². The minimum atomic E-state index is -4.54. The molecule has 0 spiro atoms. The Bertz CT molecular complexity index is 1160. The molecule has 2 aliphatic rings. The number of nitrogens with zero attached hydrogens (tertiary/aromatic N) is 6. The Morgan fingerprint density at radius 2 is 1.94 bits per heavy atom. The molecule has 176 valence electrons. The van der Waals surface area contributed by atoms with Gasteiger partial charge in [-0.25, -0.2) is 0 Å². The van der Waals surface area contributed by atoms with E-state index in [1.54, 1.807) is 11.6 Å². The van der Waals surface area contributed by atoms with Crippen LogP contribution >= 0.6 is 27.7 Å². The summed E-state index contributed by atoms with van der Waals surface area (Å²) in [4.78, 5) is 2.53. The fraction of sp³-hybridized carbons (Fsp3) is 0.500. The number of likely N-dealkylation sites (tertiary alicyclic amines) is 1. The molecule has 1 aromatic carbocycles. The molecule has 3 heterocycles. The second-order valence-corrected chi connectivity index (χ2v) is 10.9. The van der Waals surface area contributed by atoms with Gasteiger partial charge in [-0.1, -0.05) is 39.8 Å². The van der Waals surface area contributed by atoms with Crippen LogP contribution in [-0.4, -0.2) is 54.8 Å². The van der Waals surface area contributed by atoms with Gasteiger partial charge in [-0.15, -0.1) is 10.2 Å². The van der Waals surface area contributed by atoms with E-state index in [0.29, 0.717) is 10.6 Å². The van der Waals surface area contributed by atoms with E-state index in [9.17, 15) is 13.2 Å². The molecule has 1 saturated heterocycles. The Balaban J connectivity index is 1.16. The zero-order chi connectivity index (χ0) is 23.4. The molecule has 33 heavy (non-hydrogen) atoms. The van der Waals surface area contributed by atoms with Gasteiger partial charge in [0.1, 0.15) is 0 Å². The fourth-order valence-electron chi connectivity index (χ4n) is 4.97. The molecule has 2 atom stereocenters. The lowest BCUT2D eigenvalue weighted by Crippen LogP contribution is -2.27. The molecule has 6 nitrogen and oxygen atoms in total. The third-order valence-electron chi connectivity index (χ3n) is 6.66. The van der Waals surface area contributed by atoms with Crippen LogP contribution in [0.3, 0.4) is 0 Å². The maximum atomic E-state index is 13.3. The Morgan fingerprint density at radius 1 is 1.18 bits per heavy atom. The monoisotopic (exact) mass is 540 g/mol. The van der Waals surface area contributed by atoms with Crippen LogP contribution in [-0.2, 0) is 25.7 Å². The topological polar surface area (TPSA) is 51.8 Å². The molecule has 0 amide bonds. The lowest BCUT2D eigenvalue weighted by molar-refractivity contribution is -0.141. The van der Waals surface area contributed by atoms with Crippen LogP contribution in [0.25, 0.3) is 11.4 Å². The number of aromatic nitrogens is 5. The first-order valence-corrected chi connectivity index (χ1v) is 12.6. The molecule has 2 aromatic heterocycles. The minimum absolute atomic E-state index is 0.0543. The Kier molecular flexibility index (Phi) is 5.85. The summed E-state index contributed by atoms with van der Waals surface area (Å²) in [6.45, 7) is 3.24. The summed E-state index contributed by atoms with van der Waals surface area (Å²) in [5.41, 5.74) is 0.769. The zero-order valence-electron chi connectivity index (χ0n) is 18.3. The number of benzene rings is 1. The molecule has 2 fully saturated rings. The molecule has 0 N–H and O–H groups in total. The van der Waals surface area contributed by atoms with E-state index in [-0.39, 0.29) is 11.4 Å². The van der Waals surface area contributed by atoms with Crippen LogP contribution in [0, 0.1) is 5.92 Å². The van der Waals surface area contributed by atoms with Gasteiger partial charge in [-0.2, -0.15) is 18.3 Å². The Morgan fingerprint density at radius 3 is 2.67 bits per heavy atom. The van der Waals surface area contributed by atoms with E-state index in [4.69, 9.17) is 0 Å². The van der Waals surface area contributed by atoms with Gasteiger partial charge in [0.05, 0.1) is 5.56 Å². The first kappa shape index (κ1) is 22.9. The van der Waals surface area contributed by atoms with Crippen molar-refractivity contribution in [2.45, 2.75) is 29.6 Å². The van der Waals surface area contributed by atoms with Crippen molar-refractivity contribution in [2.75, 3.05) is 25.4 Å². The number of fused-ring (bicyclic) bond motifs is 1. The maximum absolute atomic E-state index is 13.3. The molecule has 0 bridgehead atoms. The van der Waals surface area contributed by atoms with Crippen molar-refractivity contribution in [2.24, 2.45) is 20.0 Å². The highest BCUT2D eigenvalue weighted by atomic mass is 79.9. The molecule has 1 saturated carbocycles. The summed E-state index contributed by atoms with van der Waals surface area (Å²) < 4.78 is 43.8. The second kappa shape index (κ2) is 8.42. The summed E-state index contributed by atoms with van der Waals surface area (Å²) >= 11 is 5.04. The number of hydrogen-bond acceptors (Lipinski definition) is 5. The Hall–Kier alpha value is -1.85.